The van der Waals surface area contributed by atoms with Crippen molar-refractivity contribution in [3.05, 3.63) is 71.8 Å². The van der Waals surface area contributed by atoms with Gasteiger partial charge in [-0.25, -0.2) is 0 Å². The van der Waals surface area contributed by atoms with Gasteiger partial charge in [-0.3, -0.25) is 4.79 Å². The molecule has 1 amide bonds. The summed E-state index contributed by atoms with van der Waals surface area (Å²) < 4.78 is 0. The average Bonchev–Trinajstić information content (AvgIpc) is 2.64. The number of nitrogens with one attached hydrogen (secondary N) is 1. The van der Waals surface area contributed by atoms with Gasteiger partial charge in [0.25, 0.3) is 0 Å². The van der Waals surface area contributed by atoms with Crippen LogP contribution in [0.3, 0.4) is 0 Å². The smallest absolute Gasteiger partial charge is 0.224 e. The fraction of sp³-hybridized carbons (Fsp3) is 0.381. The molecule has 2 aromatic rings. The zero-order valence-electron chi connectivity index (χ0n) is 14.6. The molecule has 1 N–H and O–H groups in total. The molecule has 0 atom stereocenters. The van der Waals surface area contributed by atoms with E-state index in [1.165, 1.54) is 11.1 Å². The third-order valence-electron chi connectivity index (χ3n) is 4.02. The molecule has 0 radical (unpaired) electrons. The Labute approximate surface area is 145 Å². The summed E-state index contributed by atoms with van der Waals surface area (Å²) in [6, 6.07) is 20.6. The Bertz CT molecular complexity index is 583. The first-order valence-corrected chi connectivity index (χ1v) is 8.86. The summed E-state index contributed by atoms with van der Waals surface area (Å²) in [5.41, 5.74) is 2.45. The van der Waals surface area contributed by atoms with Crippen molar-refractivity contribution in [3.8, 4) is 0 Å². The Hall–Kier alpha value is -2.13. The Balaban J connectivity index is 1.93. The lowest BCUT2D eigenvalue weighted by molar-refractivity contribution is -0.131. The van der Waals surface area contributed by atoms with Crippen LogP contribution in [-0.4, -0.2) is 30.4 Å². The number of carbonyl (C=O) groups excluding carboxylic acids is 1. The van der Waals surface area contributed by atoms with E-state index < -0.39 is 0 Å². The van der Waals surface area contributed by atoms with E-state index in [1.54, 1.807) is 0 Å². The first-order chi connectivity index (χ1) is 11.8. The molecule has 0 saturated carbocycles. The Kier molecular flexibility index (Phi) is 8.05. The second kappa shape index (κ2) is 10.6. The molecule has 3 nitrogen and oxygen atoms in total. The lowest BCUT2D eigenvalue weighted by Crippen LogP contribution is -2.34. The normalized spacial score (nSPS) is 10.5. The molecule has 3 heteroatoms. The maximum absolute atomic E-state index is 12.6. The van der Waals surface area contributed by atoms with Crippen molar-refractivity contribution in [2.24, 2.45) is 0 Å². The lowest BCUT2D eigenvalue weighted by Gasteiger charge is -2.23. The predicted molar refractivity (Wildman–Crippen MR) is 99.8 cm³/mol. The van der Waals surface area contributed by atoms with Crippen molar-refractivity contribution in [1.29, 1.82) is 0 Å². The van der Waals surface area contributed by atoms with E-state index >= 15 is 0 Å². The monoisotopic (exact) mass is 324 g/mol. The van der Waals surface area contributed by atoms with Crippen LogP contribution in [0.1, 0.15) is 30.9 Å². The molecule has 128 valence electrons. The molecule has 0 bridgehead atoms. The number of benzene rings is 2. The summed E-state index contributed by atoms with van der Waals surface area (Å²) in [5.74, 6) is 0.221. The van der Waals surface area contributed by atoms with E-state index in [9.17, 15) is 4.79 Å². The standard InChI is InChI=1S/C21H28N2O/c1-2-15-22-16-13-21(24)23(18-20-11-7-4-8-12-20)17-14-19-9-5-3-6-10-19/h3-12,22H,2,13-18H2,1H3. The quantitative estimate of drug-likeness (QED) is 0.677. The van der Waals surface area contributed by atoms with Crippen LogP contribution in [-0.2, 0) is 17.8 Å². The highest BCUT2D eigenvalue weighted by atomic mass is 16.2. The Morgan fingerprint density at radius 1 is 0.917 bits per heavy atom. The van der Waals surface area contributed by atoms with Crippen molar-refractivity contribution in [2.75, 3.05) is 19.6 Å². The van der Waals surface area contributed by atoms with Crippen molar-refractivity contribution in [3.63, 3.8) is 0 Å². The number of hydrogen-bond donors (Lipinski definition) is 1. The van der Waals surface area contributed by atoms with E-state index in [4.69, 9.17) is 0 Å². The fourth-order valence-corrected chi connectivity index (χ4v) is 2.66. The first-order valence-electron chi connectivity index (χ1n) is 8.86. The molecule has 0 aromatic heterocycles. The van der Waals surface area contributed by atoms with Crippen LogP contribution in [0.4, 0.5) is 0 Å². The molecular formula is C21H28N2O. The van der Waals surface area contributed by atoms with Crippen molar-refractivity contribution in [1.82, 2.24) is 10.2 Å². The molecule has 0 aliphatic rings. The number of hydrogen-bond acceptors (Lipinski definition) is 2. The van der Waals surface area contributed by atoms with Gasteiger partial charge in [-0.05, 0) is 30.5 Å². The van der Waals surface area contributed by atoms with Crippen LogP contribution in [0.5, 0.6) is 0 Å². The highest BCUT2D eigenvalue weighted by molar-refractivity contribution is 5.76. The number of carbonyl (C=O) groups is 1. The Morgan fingerprint density at radius 3 is 2.17 bits per heavy atom. The van der Waals surface area contributed by atoms with Gasteiger partial charge in [-0.2, -0.15) is 0 Å². The molecule has 0 aliphatic carbocycles. The highest BCUT2D eigenvalue weighted by Gasteiger charge is 2.13. The summed E-state index contributed by atoms with van der Waals surface area (Å²) in [7, 11) is 0. The van der Waals surface area contributed by atoms with Crippen LogP contribution in [0.25, 0.3) is 0 Å². The SMILES string of the molecule is CCCNCCC(=O)N(CCc1ccccc1)Cc1ccccc1. The molecule has 0 heterocycles. The van der Waals surface area contributed by atoms with E-state index in [-0.39, 0.29) is 5.91 Å². The fourth-order valence-electron chi connectivity index (χ4n) is 2.66. The van der Waals surface area contributed by atoms with Crippen molar-refractivity contribution < 1.29 is 4.79 Å². The van der Waals surface area contributed by atoms with Gasteiger partial charge >= 0.3 is 0 Å². The minimum absolute atomic E-state index is 0.221. The van der Waals surface area contributed by atoms with Gasteiger partial charge in [0.1, 0.15) is 0 Å². The van der Waals surface area contributed by atoms with Gasteiger partial charge in [0.2, 0.25) is 5.91 Å². The summed E-state index contributed by atoms with van der Waals surface area (Å²) in [5, 5.41) is 3.31. The van der Waals surface area contributed by atoms with Gasteiger partial charge in [0.05, 0.1) is 0 Å². The third-order valence-corrected chi connectivity index (χ3v) is 4.02. The number of rotatable bonds is 10. The van der Waals surface area contributed by atoms with Crippen LogP contribution >= 0.6 is 0 Å². The topological polar surface area (TPSA) is 32.3 Å². The number of amides is 1. The molecule has 0 saturated heterocycles. The summed E-state index contributed by atoms with van der Waals surface area (Å²) in [6.07, 6.45) is 2.54. The van der Waals surface area contributed by atoms with Gasteiger partial charge < -0.3 is 10.2 Å². The van der Waals surface area contributed by atoms with Crippen molar-refractivity contribution >= 4 is 5.91 Å². The molecule has 0 spiro atoms. The predicted octanol–water partition coefficient (Wildman–Crippen LogP) is 3.65. The molecule has 0 aliphatic heterocycles. The minimum Gasteiger partial charge on any atom is -0.338 e. The summed E-state index contributed by atoms with van der Waals surface area (Å²) in [4.78, 5) is 14.6. The second-order valence-electron chi connectivity index (χ2n) is 6.04. The second-order valence-corrected chi connectivity index (χ2v) is 6.04. The van der Waals surface area contributed by atoms with Crippen LogP contribution in [0, 0.1) is 0 Å². The molecule has 0 fully saturated rings. The van der Waals surface area contributed by atoms with Crippen LogP contribution in [0.2, 0.25) is 0 Å². The largest absolute Gasteiger partial charge is 0.338 e. The maximum Gasteiger partial charge on any atom is 0.224 e. The van der Waals surface area contributed by atoms with Gasteiger partial charge in [0, 0.05) is 26.1 Å². The van der Waals surface area contributed by atoms with Gasteiger partial charge in [0.15, 0.2) is 0 Å². The lowest BCUT2D eigenvalue weighted by atomic mass is 10.1. The van der Waals surface area contributed by atoms with Crippen molar-refractivity contribution in [2.45, 2.75) is 32.7 Å². The van der Waals surface area contributed by atoms with Gasteiger partial charge in [-0.1, -0.05) is 67.6 Å². The molecular weight excluding hydrogens is 296 g/mol. The maximum atomic E-state index is 12.6. The highest BCUT2D eigenvalue weighted by Crippen LogP contribution is 2.08. The van der Waals surface area contributed by atoms with E-state index in [2.05, 4.69) is 36.5 Å². The molecule has 2 rings (SSSR count). The summed E-state index contributed by atoms with van der Waals surface area (Å²) in [6.45, 7) is 5.29. The van der Waals surface area contributed by atoms with Gasteiger partial charge in [-0.15, -0.1) is 0 Å². The van der Waals surface area contributed by atoms with Crippen LogP contribution in [0.15, 0.2) is 60.7 Å². The molecule has 2 aromatic carbocycles. The zero-order chi connectivity index (χ0) is 17.0. The van der Waals surface area contributed by atoms with E-state index in [0.29, 0.717) is 13.0 Å². The average molecular weight is 324 g/mol. The Morgan fingerprint density at radius 2 is 1.54 bits per heavy atom. The number of nitrogens with zero attached hydrogens (tertiary/aromatic N) is 1. The van der Waals surface area contributed by atoms with E-state index in [1.807, 2.05) is 41.3 Å². The molecule has 24 heavy (non-hydrogen) atoms. The third kappa shape index (κ3) is 6.55. The minimum atomic E-state index is 0.221. The molecule has 0 unspecified atom stereocenters. The summed E-state index contributed by atoms with van der Waals surface area (Å²) >= 11 is 0. The van der Waals surface area contributed by atoms with Crippen LogP contribution < -0.4 is 5.32 Å². The van der Waals surface area contributed by atoms with E-state index in [0.717, 1.165) is 32.5 Å². The zero-order valence-corrected chi connectivity index (χ0v) is 14.6. The first kappa shape index (κ1) is 18.2.